The van der Waals surface area contributed by atoms with Crippen molar-refractivity contribution >= 4 is 40.8 Å². The van der Waals surface area contributed by atoms with E-state index < -0.39 is 42.7 Å². The molecule has 0 radical (unpaired) electrons. The molecule has 0 aliphatic carbocycles. The molecule has 0 aliphatic rings. The van der Waals surface area contributed by atoms with Gasteiger partial charge in [-0.15, -0.1) is 0 Å². The molecule has 0 spiro atoms. The number of nitrogens with one attached hydrogen (secondary N) is 2. The van der Waals surface area contributed by atoms with Crippen LogP contribution in [0.2, 0.25) is 5.15 Å². The molecule has 0 saturated heterocycles. The molecule has 0 aliphatic heterocycles. The topological polar surface area (TPSA) is 107 Å². The number of anilines is 2. The SMILES string of the molecule is O=C(COc1ccccc1C(=O)OCC(=O)Nc1cccnc1Cl)Nc1cccc(C(F)(F)F)c1. The maximum atomic E-state index is 12.8. The van der Waals surface area contributed by atoms with E-state index in [1.807, 2.05) is 0 Å². The predicted molar refractivity (Wildman–Crippen MR) is 120 cm³/mol. The summed E-state index contributed by atoms with van der Waals surface area (Å²) in [5.41, 5.74) is -0.808. The highest BCUT2D eigenvalue weighted by atomic mass is 35.5. The summed E-state index contributed by atoms with van der Waals surface area (Å²) in [7, 11) is 0. The summed E-state index contributed by atoms with van der Waals surface area (Å²) in [6.07, 6.45) is -3.12. The average molecular weight is 508 g/mol. The third-order valence-corrected chi connectivity index (χ3v) is 4.61. The molecular formula is C23H17ClF3N3O5. The number of benzene rings is 2. The third-order valence-electron chi connectivity index (χ3n) is 4.31. The summed E-state index contributed by atoms with van der Waals surface area (Å²) in [5.74, 6) is -2.33. The summed E-state index contributed by atoms with van der Waals surface area (Å²) in [6, 6.07) is 13.0. The van der Waals surface area contributed by atoms with Crippen LogP contribution in [0.1, 0.15) is 15.9 Å². The number of alkyl halides is 3. The van der Waals surface area contributed by atoms with Crippen LogP contribution in [0.25, 0.3) is 0 Å². The molecule has 0 unspecified atom stereocenters. The lowest BCUT2D eigenvalue weighted by Crippen LogP contribution is -2.23. The fraction of sp³-hybridized carbons (Fsp3) is 0.130. The van der Waals surface area contributed by atoms with Crippen LogP contribution in [-0.2, 0) is 20.5 Å². The van der Waals surface area contributed by atoms with Crippen molar-refractivity contribution in [1.82, 2.24) is 4.98 Å². The largest absolute Gasteiger partial charge is 0.483 e. The number of aromatic nitrogens is 1. The van der Waals surface area contributed by atoms with Crippen LogP contribution in [0.4, 0.5) is 24.5 Å². The summed E-state index contributed by atoms with van der Waals surface area (Å²) in [6.45, 7) is -1.23. The lowest BCUT2D eigenvalue weighted by molar-refractivity contribution is -0.137. The Morgan fingerprint density at radius 1 is 0.914 bits per heavy atom. The fourth-order valence-corrected chi connectivity index (χ4v) is 2.92. The zero-order valence-corrected chi connectivity index (χ0v) is 18.5. The Balaban J connectivity index is 1.56. The van der Waals surface area contributed by atoms with E-state index in [1.54, 1.807) is 6.07 Å². The Bertz CT molecular complexity index is 1240. The highest BCUT2D eigenvalue weighted by molar-refractivity contribution is 6.32. The Kier molecular flexibility index (Phi) is 8.26. The van der Waals surface area contributed by atoms with Crippen LogP contribution in [0, 0.1) is 0 Å². The maximum Gasteiger partial charge on any atom is 0.416 e. The van der Waals surface area contributed by atoms with E-state index in [-0.39, 0.29) is 27.8 Å². The molecule has 0 atom stereocenters. The van der Waals surface area contributed by atoms with Crippen molar-refractivity contribution in [3.05, 3.63) is 83.1 Å². The fourth-order valence-electron chi connectivity index (χ4n) is 2.75. The number of hydrogen-bond donors (Lipinski definition) is 2. The second-order valence-electron chi connectivity index (χ2n) is 6.88. The number of esters is 1. The van der Waals surface area contributed by atoms with Gasteiger partial charge in [0.2, 0.25) is 0 Å². The van der Waals surface area contributed by atoms with Gasteiger partial charge in [0.25, 0.3) is 11.8 Å². The minimum Gasteiger partial charge on any atom is -0.483 e. The minimum absolute atomic E-state index is 0.0209. The number of hydrogen-bond acceptors (Lipinski definition) is 6. The molecule has 2 N–H and O–H groups in total. The molecule has 2 aromatic carbocycles. The normalized spacial score (nSPS) is 10.9. The monoisotopic (exact) mass is 507 g/mol. The van der Waals surface area contributed by atoms with Gasteiger partial charge in [-0.3, -0.25) is 9.59 Å². The molecular weight excluding hydrogens is 491 g/mol. The average Bonchev–Trinajstić information content (AvgIpc) is 2.82. The van der Waals surface area contributed by atoms with Gasteiger partial charge in [0.05, 0.1) is 11.3 Å². The number of amides is 2. The van der Waals surface area contributed by atoms with E-state index in [1.165, 1.54) is 42.6 Å². The Labute approximate surface area is 202 Å². The van der Waals surface area contributed by atoms with Gasteiger partial charge in [0, 0.05) is 11.9 Å². The number of para-hydroxylation sites is 1. The van der Waals surface area contributed by atoms with Gasteiger partial charge in [0.15, 0.2) is 18.4 Å². The zero-order chi connectivity index (χ0) is 25.4. The first-order chi connectivity index (χ1) is 16.6. The minimum atomic E-state index is -4.56. The maximum absolute atomic E-state index is 12.8. The molecule has 3 rings (SSSR count). The van der Waals surface area contributed by atoms with Gasteiger partial charge < -0.3 is 20.1 Å². The molecule has 1 heterocycles. The van der Waals surface area contributed by atoms with E-state index in [9.17, 15) is 27.6 Å². The number of pyridine rings is 1. The smallest absolute Gasteiger partial charge is 0.416 e. The number of rotatable bonds is 8. The summed E-state index contributed by atoms with van der Waals surface area (Å²) in [5, 5.41) is 4.80. The highest BCUT2D eigenvalue weighted by Gasteiger charge is 2.30. The predicted octanol–water partition coefficient (Wildman–Crippen LogP) is 4.57. The second-order valence-corrected chi connectivity index (χ2v) is 7.24. The van der Waals surface area contributed by atoms with Crippen LogP contribution >= 0.6 is 11.6 Å². The standard InChI is InChI=1S/C23H17ClF3N3O5/c24-21-17(8-4-10-28-21)30-20(32)13-35-22(33)16-7-1-2-9-18(16)34-12-19(31)29-15-6-3-5-14(11-15)23(25,26)27/h1-11H,12-13H2,(H,29,31)(H,30,32). The van der Waals surface area contributed by atoms with Crippen LogP contribution < -0.4 is 15.4 Å². The van der Waals surface area contributed by atoms with Crippen molar-refractivity contribution in [3.63, 3.8) is 0 Å². The molecule has 1 aromatic heterocycles. The summed E-state index contributed by atoms with van der Waals surface area (Å²) >= 11 is 5.85. The van der Waals surface area contributed by atoms with Gasteiger partial charge in [-0.2, -0.15) is 13.2 Å². The van der Waals surface area contributed by atoms with E-state index in [0.717, 1.165) is 18.2 Å². The number of halogens is 4. The van der Waals surface area contributed by atoms with Gasteiger partial charge in [-0.05, 0) is 42.5 Å². The second kappa shape index (κ2) is 11.3. The number of nitrogens with zero attached hydrogens (tertiary/aromatic N) is 1. The van der Waals surface area contributed by atoms with Crippen LogP contribution in [0.3, 0.4) is 0 Å². The van der Waals surface area contributed by atoms with Crippen LogP contribution in [-0.4, -0.2) is 36.0 Å². The van der Waals surface area contributed by atoms with Crippen molar-refractivity contribution in [2.24, 2.45) is 0 Å². The van der Waals surface area contributed by atoms with Crippen molar-refractivity contribution in [2.45, 2.75) is 6.18 Å². The molecule has 0 fully saturated rings. The van der Waals surface area contributed by atoms with Gasteiger partial charge in [-0.25, -0.2) is 9.78 Å². The summed E-state index contributed by atoms with van der Waals surface area (Å²) < 4.78 is 48.8. The van der Waals surface area contributed by atoms with E-state index >= 15 is 0 Å². The Morgan fingerprint density at radius 3 is 2.40 bits per heavy atom. The lowest BCUT2D eigenvalue weighted by atomic mass is 10.2. The van der Waals surface area contributed by atoms with Gasteiger partial charge >= 0.3 is 12.1 Å². The first-order valence-electron chi connectivity index (χ1n) is 9.90. The number of ether oxygens (including phenoxy) is 2. The molecule has 35 heavy (non-hydrogen) atoms. The van der Waals surface area contributed by atoms with Crippen molar-refractivity contribution in [2.75, 3.05) is 23.8 Å². The van der Waals surface area contributed by atoms with Crippen molar-refractivity contribution in [1.29, 1.82) is 0 Å². The lowest BCUT2D eigenvalue weighted by Gasteiger charge is -2.12. The summed E-state index contributed by atoms with van der Waals surface area (Å²) in [4.78, 5) is 40.4. The number of carbonyl (C=O) groups excluding carboxylic acids is 3. The van der Waals surface area contributed by atoms with E-state index in [0.29, 0.717) is 0 Å². The first-order valence-corrected chi connectivity index (χ1v) is 10.3. The molecule has 3 aromatic rings. The molecule has 182 valence electrons. The Hall–Kier alpha value is -4.12. The van der Waals surface area contributed by atoms with Crippen LogP contribution in [0.15, 0.2) is 66.9 Å². The first kappa shape index (κ1) is 25.5. The molecule has 12 heteroatoms. The van der Waals surface area contributed by atoms with Gasteiger partial charge in [-0.1, -0.05) is 29.8 Å². The van der Waals surface area contributed by atoms with Gasteiger partial charge in [0.1, 0.15) is 11.3 Å². The van der Waals surface area contributed by atoms with Crippen molar-refractivity contribution in [3.8, 4) is 5.75 Å². The van der Waals surface area contributed by atoms with Crippen LogP contribution in [0.5, 0.6) is 5.75 Å². The van der Waals surface area contributed by atoms with Crippen molar-refractivity contribution < 1.29 is 37.0 Å². The quantitative estimate of drug-likeness (QED) is 0.342. The highest BCUT2D eigenvalue weighted by Crippen LogP contribution is 2.30. The molecule has 8 nitrogen and oxygen atoms in total. The van der Waals surface area contributed by atoms with E-state index in [4.69, 9.17) is 21.1 Å². The molecule has 0 saturated carbocycles. The third kappa shape index (κ3) is 7.44. The Morgan fingerprint density at radius 2 is 1.66 bits per heavy atom. The molecule has 2 amide bonds. The zero-order valence-electron chi connectivity index (χ0n) is 17.8. The number of carbonyl (C=O) groups is 3. The van der Waals surface area contributed by atoms with E-state index in [2.05, 4.69) is 15.6 Å². The molecule has 0 bridgehead atoms.